The van der Waals surface area contributed by atoms with E-state index in [1.807, 2.05) is 12.3 Å². The molecule has 0 unspecified atom stereocenters. The standard InChI is InChI=1S/C61H55N4O.Pt/c1-59(2,3)47-28-29-62-57(37-47)65-55-27-19-18-26-53(55)58-54(61(7,8)46-24-16-11-17-25-46)39-52(40-56(58)65)66-51-35-45(43-22-14-10-15-23-43)34-50(38-51)64-31-30-63(41-64)49-33-44(42-20-12-9-13-21-42)32-48(36-49)60(4,5)6;/h9-37,39,41H,1-8H3;/q-3;. The molecule has 2 aromatic heterocycles. The second-order valence-electron chi connectivity index (χ2n) is 20.0. The molecular formula is C61H55N4OPt-3. The van der Waals surface area contributed by atoms with E-state index in [0.29, 0.717) is 11.5 Å². The SMILES string of the molecule is CC(C)(C)c1cc(-c2ccccc2)cc(N2C=CN(c3[c-]c(Oc4[c-]c5c(c(C(C)(C)c6ccccc6)c4)c4ccccc4n5-c4cc(C(C)(C)C)ccn4)cc(-c4ccccc4)c3)[CH-]2)c1.[Pt]. The topological polar surface area (TPSA) is 33.5 Å². The van der Waals surface area contributed by atoms with Crippen LogP contribution in [0.3, 0.4) is 0 Å². The molecule has 0 bridgehead atoms. The molecule has 0 atom stereocenters. The predicted octanol–water partition coefficient (Wildman–Crippen LogP) is 15.7. The number of pyridine rings is 1. The second kappa shape index (κ2) is 17.8. The zero-order valence-corrected chi connectivity index (χ0v) is 41.7. The average molecular weight is 1060 g/mol. The molecular weight excluding hydrogens is 1000 g/mol. The molecule has 3 heterocycles. The molecule has 0 fully saturated rings. The van der Waals surface area contributed by atoms with E-state index in [4.69, 9.17) is 9.72 Å². The van der Waals surface area contributed by atoms with Gasteiger partial charge in [0.15, 0.2) is 0 Å². The van der Waals surface area contributed by atoms with Gasteiger partial charge in [-0.05, 0) is 97.7 Å². The monoisotopic (exact) mass is 1050 g/mol. The maximum Gasteiger partial charge on any atom is 0.135 e. The van der Waals surface area contributed by atoms with Crippen molar-refractivity contribution in [2.75, 3.05) is 9.80 Å². The van der Waals surface area contributed by atoms with Gasteiger partial charge in [0.1, 0.15) is 5.82 Å². The number of para-hydroxylation sites is 1. The summed E-state index contributed by atoms with van der Waals surface area (Å²) in [6.45, 7) is 20.2. The van der Waals surface area contributed by atoms with Crippen molar-refractivity contribution in [2.45, 2.75) is 71.6 Å². The number of aromatic nitrogens is 2. The van der Waals surface area contributed by atoms with Crippen LogP contribution in [0.1, 0.15) is 77.6 Å². The fraction of sp³-hybridized carbons (Fsp3) is 0.180. The van der Waals surface area contributed by atoms with Gasteiger partial charge in [0.05, 0.1) is 0 Å². The summed E-state index contributed by atoms with van der Waals surface area (Å²) >= 11 is 0. The molecule has 9 aromatic rings. The van der Waals surface area contributed by atoms with Gasteiger partial charge in [-0.25, -0.2) is 4.98 Å². The first kappa shape index (κ1) is 45.5. The first-order valence-corrected chi connectivity index (χ1v) is 22.8. The van der Waals surface area contributed by atoms with Crippen molar-refractivity contribution in [1.29, 1.82) is 0 Å². The normalized spacial score (nSPS) is 13.1. The predicted molar refractivity (Wildman–Crippen MR) is 274 cm³/mol. The summed E-state index contributed by atoms with van der Waals surface area (Å²) in [7, 11) is 0. The molecule has 0 saturated carbocycles. The Morgan fingerprint density at radius 1 is 0.522 bits per heavy atom. The third-order valence-corrected chi connectivity index (χ3v) is 12.9. The number of nitrogens with zero attached hydrogens (tertiary/aromatic N) is 4. The Hall–Kier alpha value is -6.68. The van der Waals surface area contributed by atoms with Crippen molar-refractivity contribution < 1.29 is 25.8 Å². The molecule has 67 heavy (non-hydrogen) atoms. The van der Waals surface area contributed by atoms with E-state index in [1.165, 1.54) is 27.8 Å². The third-order valence-electron chi connectivity index (χ3n) is 12.9. The minimum atomic E-state index is -0.410. The molecule has 1 aliphatic heterocycles. The summed E-state index contributed by atoms with van der Waals surface area (Å²) in [5.41, 5.74) is 12.7. The van der Waals surface area contributed by atoms with Crippen LogP contribution in [-0.2, 0) is 37.3 Å². The van der Waals surface area contributed by atoms with Crippen LogP contribution in [0.25, 0.3) is 49.9 Å². The van der Waals surface area contributed by atoms with Crippen LogP contribution in [0.5, 0.6) is 11.5 Å². The summed E-state index contributed by atoms with van der Waals surface area (Å²) in [5.74, 6) is 2.03. The molecule has 0 aliphatic carbocycles. The van der Waals surface area contributed by atoms with E-state index >= 15 is 0 Å². The number of fused-ring (bicyclic) bond motifs is 3. The fourth-order valence-electron chi connectivity index (χ4n) is 9.07. The Morgan fingerprint density at radius 3 is 1.79 bits per heavy atom. The van der Waals surface area contributed by atoms with Crippen LogP contribution in [0.4, 0.5) is 11.4 Å². The first-order valence-electron chi connectivity index (χ1n) is 22.8. The number of hydrogen-bond donors (Lipinski definition) is 0. The quantitative estimate of drug-likeness (QED) is 0.135. The van der Waals surface area contributed by atoms with Crippen molar-refractivity contribution in [3.05, 3.63) is 223 Å². The fourth-order valence-corrected chi connectivity index (χ4v) is 9.07. The Balaban J connectivity index is 0.00000562. The van der Waals surface area contributed by atoms with E-state index in [1.54, 1.807) is 0 Å². The zero-order chi connectivity index (χ0) is 45.8. The summed E-state index contributed by atoms with van der Waals surface area (Å²) < 4.78 is 9.34. The molecule has 0 spiro atoms. The number of rotatable bonds is 9. The van der Waals surface area contributed by atoms with Crippen molar-refractivity contribution in [2.24, 2.45) is 0 Å². The van der Waals surface area contributed by atoms with Crippen LogP contribution >= 0.6 is 0 Å². The maximum absolute atomic E-state index is 7.09. The van der Waals surface area contributed by atoms with E-state index in [9.17, 15) is 0 Å². The van der Waals surface area contributed by atoms with Gasteiger partial charge in [-0.3, -0.25) is 0 Å². The smallest absolute Gasteiger partial charge is 0.135 e. The summed E-state index contributed by atoms with van der Waals surface area (Å²) in [6.07, 6.45) is 6.12. The molecule has 0 radical (unpaired) electrons. The number of hydrogen-bond acceptors (Lipinski definition) is 4. The van der Waals surface area contributed by atoms with Crippen LogP contribution in [-0.4, -0.2) is 9.55 Å². The summed E-state index contributed by atoms with van der Waals surface area (Å²) in [4.78, 5) is 9.31. The molecule has 10 rings (SSSR count). The molecule has 6 heteroatoms. The molecule has 1 aliphatic rings. The Labute approximate surface area is 410 Å². The summed E-state index contributed by atoms with van der Waals surface area (Å²) in [5, 5.41) is 2.27. The van der Waals surface area contributed by atoms with E-state index in [-0.39, 0.29) is 31.9 Å². The van der Waals surface area contributed by atoms with Crippen molar-refractivity contribution in [3.8, 4) is 39.6 Å². The Kier molecular flexibility index (Phi) is 12.1. The Morgan fingerprint density at radius 2 is 1.12 bits per heavy atom. The molecule has 0 saturated heterocycles. The van der Waals surface area contributed by atoms with Crippen LogP contribution in [0.15, 0.2) is 182 Å². The van der Waals surface area contributed by atoms with Crippen LogP contribution in [0, 0.1) is 18.8 Å². The van der Waals surface area contributed by atoms with E-state index < -0.39 is 5.41 Å². The second-order valence-corrected chi connectivity index (χ2v) is 20.0. The number of benzene rings is 7. The number of ether oxygens (including phenoxy) is 1. The first-order chi connectivity index (χ1) is 31.7. The van der Waals surface area contributed by atoms with Gasteiger partial charge in [-0.15, -0.1) is 53.8 Å². The van der Waals surface area contributed by atoms with Crippen molar-refractivity contribution in [3.63, 3.8) is 0 Å². The molecule has 7 aromatic carbocycles. The maximum atomic E-state index is 7.09. The third kappa shape index (κ3) is 8.98. The zero-order valence-electron chi connectivity index (χ0n) is 39.4. The summed E-state index contributed by atoms with van der Waals surface area (Å²) in [6, 6.07) is 65.6. The van der Waals surface area contributed by atoms with E-state index in [2.05, 4.69) is 259 Å². The number of anilines is 2. The van der Waals surface area contributed by atoms with Crippen LogP contribution in [0.2, 0.25) is 0 Å². The van der Waals surface area contributed by atoms with Gasteiger partial charge in [0.25, 0.3) is 0 Å². The van der Waals surface area contributed by atoms with Gasteiger partial charge in [0.2, 0.25) is 0 Å². The van der Waals surface area contributed by atoms with Gasteiger partial charge >= 0.3 is 0 Å². The molecule has 0 amide bonds. The van der Waals surface area contributed by atoms with Gasteiger partial charge < -0.3 is 19.1 Å². The molecule has 0 N–H and O–H groups in total. The molecule has 338 valence electrons. The minimum absolute atomic E-state index is 0. The largest absolute Gasteiger partial charge is 0.509 e. The van der Waals surface area contributed by atoms with E-state index in [0.717, 1.165) is 55.7 Å². The minimum Gasteiger partial charge on any atom is -0.509 e. The van der Waals surface area contributed by atoms with Gasteiger partial charge in [-0.2, -0.15) is 0 Å². The van der Waals surface area contributed by atoms with Gasteiger partial charge in [-0.1, -0.05) is 182 Å². The average Bonchev–Trinajstić information content (AvgIpc) is 3.95. The Bertz CT molecular complexity index is 3250. The molecule has 5 nitrogen and oxygen atoms in total. The van der Waals surface area contributed by atoms with Crippen LogP contribution < -0.4 is 14.5 Å². The van der Waals surface area contributed by atoms with Crippen molar-refractivity contribution >= 4 is 33.2 Å². The van der Waals surface area contributed by atoms with Crippen molar-refractivity contribution in [1.82, 2.24) is 9.55 Å². The van der Waals surface area contributed by atoms with Gasteiger partial charge in [0, 0.05) is 50.0 Å².